The Morgan fingerprint density at radius 1 is 0.443 bits per heavy atom. The second kappa shape index (κ2) is 51.5. The van der Waals surface area contributed by atoms with Crippen LogP contribution in [0, 0.1) is 47.3 Å². The summed E-state index contributed by atoms with van der Waals surface area (Å²) in [4.78, 5) is 237. The molecule has 0 radical (unpaired) electrons. The first-order chi connectivity index (χ1) is 53.5. The smallest absolute Gasteiger partial charge is 0.326 e. The molecule has 39 heteroatoms. The average Bonchev–Trinajstić information content (AvgIpc) is 1.74. The Kier molecular flexibility index (Phi) is 46.4. The number of amides is 16. The number of hydrogen-bond acceptors (Lipinski definition) is 20. The van der Waals surface area contributed by atoms with Crippen LogP contribution in [0.1, 0.15) is 202 Å². The number of nitrogens with one attached hydrogen (secondary N) is 14. The summed E-state index contributed by atoms with van der Waals surface area (Å²) in [5.41, 5.74) is 22.6. The molecule has 0 bridgehead atoms. The van der Waals surface area contributed by atoms with E-state index < -0.39 is 222 Å². The molecule has 115 heavy (non-hydrogen) atoms. The molecule has 1 heterocycles. The molecule has 654 valence electrons. The van der Waals surface area contributed by atoms with Crippen molar-refractivity contribution in [2.75, 3.05) is 31.6 Å². The molecule has 38 nitrogen and oxygen atoms in total. The summed E-state index contributed by atoms with van der Waals surface area (Å²) in [6, 6.07) is -18.9. The molecule has 1 aliphatic rings. The number of rotatable bonds is 52. The van der Waals surface area contributed by atoms with Gasteiger partial charge in [0.25, 0.3) is 0 Å². The molecule has 0 aliphatic carbocycles. The average molecular weight is 1650 g/mol. The van der Waals surface area contributed by atoms with E-state index in [0.29, 0.717) is 25.0 Å². The maximum Gasteiger partial charge on any atom is 0.326 e. The minimum Gasteiger partial charge on any atom is -0.480 e. The molecule has 0 unspecified atom stereocenters. The van der Waals surface area contributed by atoms with Gasteiger partial charge < -0.3 is 107 Å². The summed E-state index contributed by atoms with van der Waals surface area (Å²) in [5, 5.41) is 46.2. The van der Waals surface area contributed by atoms with Gasteiger partial charge in [0, 0.05) is 13.1 Å². The summed E-state index contributed by atoms with van der Waals surface area (Å²) in [6.45, 7) is 31.4. The van der Waals surface area contributed by atoms with Crippen LogP contribution in [0.15, 0.2) is 4.99 Å². The first-order valence-corrected chi connectivity index (χ1v) is 41.2. The first kappa shape index (κ1) is 104. The zero-order chi connectivity index (χ0) is 88.2. The predicted molar refractivity (Wildman–Crippen MR) is 434 cm³/mol. The van der Waals surface area contributed by atoms with Crippen LogP contribution in [0.3, 0.4) is 0 Å². The van der Waals surface area contributed by atoms with Gasteiger partial charge in [0.1, 0.15) is 84.6 Å². The summed E-state index contributed by atoms with van der Waals surface area (Å²) in [5.74, 6) is -16.5. The molecule has 16 atom stereocenters. The summed E-state index contributed by atoms with van der Waals surface area (Å²) < 4.78 is 0. The van der Waals surface area contributed by atoms with Crippen LogP contribution >= 0.6 is 11.8 Å². The fourth-order valence-corrected chi connectivity index (χ4v) is 12.8. The highest BCUT2D eigenvalue weighted by Crippen LogP contribution is 2.22. The Hall–Kier alpha value is -9.43. The van der Waals surface area contributed by atoms with Crippen molar-refractivity contribution in [2.45, 2.75) is 293 Å². The number of guanidine groups is 1. The fraction of sp³-hybridized carbons (Fsp3) is 0.763. The van der Waals surface area contributed by atoms with Crippen LogP contribution in [-0.2, 0) is 81.5 Å². The molecular formula is C76H136N20O18S. The number of thioether (sulfide) groups is 1. The molecule has 1 rings (SSSR count). The van der Waals surface area contributed by atoms with E-state index in [1.54, 1.807) is 103 Å². The van der Waals surface area contributed by atoms with E-state index in [2.05, 4.69) is 79.4 Å². The number of nitrogens with two attached hydrogens (primary N) is 4. The van der Waals surface area contributed by atoms with Crippen LogP contribution < -0.4 is 97.4 Å². The van der Waals surface area contributed by atoms with Crippen molar-refractivity contribution in [3.8, 4) is 0 Å². The van der Waals surface area contributed by atoms with Crippen LogP contribution in [0.5, 0.6) is 0 Å². The highest BCUT2D eigenvalue weighted by molar-refractivity contribution is 7.98. The Balaban J connectivity index is 3.33. The molecule has 1 fully saturated rings. The van der Waals surface area contributed by atoms with Gasteiger partial charge in [-0.1, -0.05) is 117 Å². The van der Waals surface area contributed by atoms with E-state index >= 15 is 0 Å². The van der Waals surface area contributed by atoms with Gasteiger partial charge in [-0.3, -0.25) is 81.7 Å². The van der Waals surface area contributed by atoms with Crippen molar-refractivity contribution < 1.29 is 86.6 Å². The topological polar surface area (TPSA) is 599 Å². The van der Waals surface area contributed by atoms with E-state index in [4.69, 9.17) is 22.9 Å². The van der Waals surface area contributed by atoms with E-state index in [0.717, 1.165) is 0 Å². The second-order valence-corrected chi connectivity index (χ2v) is 33.4. The number of nitrogens with zero attached hydrogens (tertiary/aromatic N) is 2. The molecule has 0 aromatic carbocycles. The van der Waals surface area contributed by atoms with Gasteiger partial charge >= 0.3 is 5.97 Å². The molecule has 1 saturated heterocycles. The van der Waals surface area contributed by atoms with Crippen LogP contribution in [0.2, 0.25) is 0 Å². The number of likely N-dealkylation sites (tertiary alicyclic amines) is 1. The van der Waals surface area contributed by atoms with Gasteiger partial charge in [0.2, 0.25) is 94.5 Å². The minimum absolute atomic E-state index is 0.0131. The van der Waals surface area contributed by atoms with Gasteiger partial charge in [0.05, 0.1) is 19.0 Å². The largest absolute Gasteiger partial charge is 0.480 e. The van der Waals surface area contributed by atoms with Crippen molar-refractivity contribution in [3.05, 3.63) is 0 Å². The zero-order valence-corrected chi connectivity index (χ0v) is 71.7. The SMILES string of the molecule is CC[C@H](C)[C@H](NC(=O)[C@H](CC(C)C)NC(=O)[C@@H](NC(=O)[C@H](C)NC(=O)[C@@H](NC(=O)[C@H](C)NC(=O)[C@@H](NC(=O)[C@@H](N)CC(C)C)C(C)C)C(C)C)C(C)C)C(=O)N[C@@H](CC(C)C)C(=O)NCC(=O)N[C@@H](C)C(=O)N[C@@H](CCCN=C(N)N)C(=O)N[C@@H](CCSC)C(=O)N1CCC[C@H]1C(=O)N[C@@H](CC(N)=O)C(=O)N[C@@H](CC(C)C)C(=O)O. The quantitative estimate of drug-likeness (QED) is 0.0174. The van der Waals surface area contributed by atoms with Gasteiger partial charge in [-0.05, 0) is 138 Å². The fourth-order valence-electron chi connectivity index (χ4n) is 12.3. The standard InChI is InChI=1S/C76H136N20O18S/c1-21-43(16)60(95-68(106)51(32-38(6)7)90-72(110)59(42(14)15)93-63(101)46(19)84-70(108)57(40(10)11)92-62(100)45(18)85-71(109)58(41(12)13)94-64(102)47(77)30-36(2)3)73(111)89-50(31-37(4)5)65(103)82-35-56(98)83-44(17)61(99)86-48(24-22-27-81-76(79)80)66(104)87-49(26-29-115-20)74(112)96-28-23-25-54(96)69(107)88-52(34-55(78)97)67(105)91-53(75(113)114)33-39(8)9/h36-54,57-60H,21-35,77H2,1-20H3,(H2,78,97)(H,82,103)(H,83,98)(H,84,108)(H,85,109)(H,86,99)(H,87,104)(H,88,107)(H,89,111)(H,90,110)(H,91,105)(H,92,100)(H,93,101)(H,94,102)(H,95,106)(H,113,114)(H4,79,80,81)/t43-,44-,45-,46-,47-,48-,49-,50-,51-,52-,53-,54-,57-,58-,59-,60-/m0/s1. The molecule has 0 aromatic rings. The number of primary amides is 1. The molecule has 0 aromatic heterocycles. The van der Waals surface area contributed by atoms with Crippen molar-refractivity contribution in [3.63, 3.8) is 0 Å². The van der Waals surface area contributed by atoms with E-state index in [1.807, 2.05) is 13.8 Å². The Morgan fingerprint density at radius 3 is 1.30 bits per heavy atom. The number of hydrogen-bond donors (Lipinski definition) is 19. The maximum absolute atomic E-state index is 14.5. The Bertz CT molecular complexity index is 3340. The third-order valence-corrected chi connectivity index (χ3v) is 19.6. The molecule has 1 aliphatic heterocycles. The lowest BCUT2D eigenvalue weighted by Gasteiger charge is -2.31. The Morgan fingerprint density at radius 2 is 0.843 bits per heavy atom. The minimum atomic E-state index is -1.60. The number of carboxylic acid groups (broad SMARTS) is 1. The van der Waals surface area contributed by atoms with Gasteiger partial charge in [-0.15, -0.1) is 0 Å². The second-order valence-electron chi connectivity index (χ2n) is 32.5. The van der Waals surface area contributed by atoms with Gasteiger partial charge in [0.15, 0.2) is 5.96 Å². The van der Waals surface area contributed by atoms with Crippen LogP contribution in [0.25, 0.3) is 0 Å². The summed E-state index contributed by atoms with van der Waals surface area (Å²) in [6.07, 6.45) is 2.43. The third-order valence-electron chi connectivity index (χ3n) is 19.0. The lowest BCUT2D eigenvalue weighted by atomic mass is 9.95. The Labute approximate surface area is 680 Å². The van der Waals surface area contributed by atoms with Crippen molar-refractivity contribution in [1.29, 1.82) is 0 Å². The van der Waals surface area contributed by atoms with Gasteiger partial charge in [-0.25, -0.2) is 4.79 Å². The summed E-state index contributed by atoms with van der Waals surface area (Å²) >= 11 is 1.35. The zero-order valence-electron chi connectivity index (χ0n) is 70.9. The highest BCUT2D eigenvalue weighted by atomic mass is 32.2. The molecular weight excluding hydrogens is 1510 g/mol. The lowest BCUT2D eigenvalue weighted by molar-refractivity contribution is -0.144. The molecule has 23 N–H and O–H groups in total. The third kappa shape index (κ3) is 37.8. The summed E-state index contributed by atoms with van der Waals surface area (Å²) in [7, 11) is 0. The van der Waals surface area contributed by atoms with Gasteiger partial charge in [-0.2, -0.15) is 11.8 Å². The normalized spacial score (nSPS) is 16.7. The molecule has 0 saturated carbocycles. The van der Waals surface area contributed by atoms with Crippen molar-refractivity contribution in [2.24, 2.45) is 75.3 Å². The lowest BCUT2D eigenvalue weighted by Crippen LogP contribution is -2.61. The highest BCUT2D eigenvalue weighted by Gasteiger charge is 2.42. The number of carboxylic acids is 1. The monoisotopic (exact) mass is 1650 g/mol. The predicted octanol–water partition coefficient (Wildman–Crippen LogP) is -2.25. The number of aliphatic carboxylic acids is 1. The van der Waals surface area contributed by atoms with Crippen LogP contribution in [-0.4, -0.2) is 239 Å². The molecule has 16 amide bonds. The van der Waals surface area contributed by atoms with E-state index in [-0.39, 0.29) is 93.6 Å². The van der Waals surface area contributed by atoms with E-state index in [9.17, 15) is 86.6 Å². The van der Waals surface area contributed by atoms with E-state index in [1.165, 1.54) is 37.4 Å². The molecule has 0 spiro atoms. The number of carbonyl (C=O) groups excluding carboxylic acids is 16. The van der Waals surface area contributed by atoms with Crippen molar-refractivity contribution in [1.82, 2.24) is 79.3 Å². The maximum atomic E-state index is 14.5. The first-order valence-electron chi connectivity index (χ1n) is 39.8. The van der Waals surface area contributed by atoms with Crippen molar-refractivity contribution >= 4 is 118 Å². The van der Waals surface area contributed by atoms with Crippen LogP contribution in [0.4, 0.5) is 0 Å². The number of carbonyl (C=O) groups is 17. The number of aliphatic imine (C=N–C) groups is 1.